The number of nitrogens with one attached hydrogen (secondary N) is 1. The minimum absolute atomic E-state index is 0.365. The molecule has 16 heavy (non-hydrogen) atoms. The van der Waals surface area contributed by atoms with Crippen molar-refractivity contribution in [3.63, 3.8) is 0 Å². The predicted octanol–water partition coefficient (Wildman–Crippen LogP) is 3.54. The van der Waals surface area contributed by atoms with Crippen LogP contribution in [-0.2, 0) is 4.74 Å². The first-order valence-electron chi connectivity index (χ1n) is 4.92. The van der Waals surface area contributed by atoms with E-state index in [0.29, 0.717) is 11.7 Å². The number of hydrogen-bond donors (Lipinski definition) is 1. The SMILES string of the molecule is CCOC(=O)Nc1nc2sc(C)c(C)c2s1. The van der Waals surface area contributed by atoms with E-state index in [4.69, 9.17) is 4.74 Å². The normalized spacial score (nSPS) is 10.7. The summed E-state index contributed by atoms with van der Waals surface area (Å²) in [6, 6.07) is 0. The molecule has 0 aliphatic carbocycles. The molecule has 1 N–H and O–H groups in total. The molecule has 0 aromatic carbocycles. The van der Waals surface area contributed by atoms with Crippen molar-refractivity contribution >= 4 is 43.4 Å². The number of carbonyl (C=O) groups excluding carboxylic acids is 1. The average molecular weight is 256 g/mol. The number of nitrogens with zero attached hydrogens (tertiary/aromatic N) is 1. The molecule has 86 valence electrons. The molecule has 2 aromatic heterocycles. The van der Waals surface area contributed by atoms with Gasteiger partial charge in [-0.05, 0) is 26.3 Å². The second-order valence-electron chi connectivity index (χ2n) is 3.28. The van der Waals surface area contributed by atoms with Crippen molar-refractivity contribution < 1.29 is 9.53 Å². The van der Waals surface area contributed by atoms with Crippen LogP contribution in [0, 0.1) is 13.8 Å². The maximum atomic E-state index is 11.2. The van der Waals surface area contributed by atoms with Gasteiger partial charge in [0.15, 0.2) is 5.13 Å². The van der Waals surface area contributed by atoms with Gasteiger partial charge in [0.25, 0.3) is 0 Å². The molecule has 2 heterocycles. The van der Waals surface area contributed by atoms with Gasteiger partial charge in [-0.15, -0.1) is 11.3 Å². The Hall–Kier alpha value is -1.14. The minimum Gasteiger partial charge on any atom is -0.450 e. The van der Waals surface area contributed by atoms with Gasteiger partial charge in [-0.1, -0.05) is 11.3 Å². The summed E-state index contributed by atoms with van der Waals surface area (Å²) < 4.78 is 5.94. The Bertz CT molecular complexity index is 530. The van der Waals surface area contributed by atoms with E-state index in [1.807, 2.05) is 0 Å². The molecule has 0 aliphatic rings. The number of thiophene rings is 1. The molecule has 0 aliphatic heterocycles. The van der Waals surface area contributed by atoms with E-state index in [1.165, 1.54) is 21.8 Å². The Labute approximate surface area is 101 Å². The molecule has 0 saturated carbocycles. The van der Waals surface area contributed by atoms with E-state index in [1.54, 1.807) is 18.3 Å². The van der Waals surface area contributed by atoms with Gasteiger partial charge in [-0.2, -0.15) is 0 Å². The van der Waals surface area contributed by atoms with E-state index in [-0.39, 0.29) is 0 Å². The number of anilines is 1. The summed E-state index contributed by atoms with van der Waals surface area (Å²) in [5, 5.41) is 3.22. The number of fused-ring (bicyclic) bond motifs is 1. The highest BCUT2D eigenvalue weighted by Crippen LogP contribution is 2.36. The smallest absolute Gasteiger partial charge is 0.413 e. The van der Waals surface area contributed by atoms with Gasteiger partial charge in [0, 0.05) is 4.88 Å². The third-order valence-electron chi connectivity index (χ3n) is 2.20. The van der Waals surface area contributed by atoms with Crippen LogP contribution in [0.1, 0.15) is 17.4 Å². The second kappa shape index (κ2) is 4.39. The van der Waals surface area contributed by atoms with Crippen molar-refractivity contribution in [3.8, 4) is 0 Å². The Kier molecular flexibility index (Phi) is 3.11. The molecule has 6 heteroatoms. The Morgan fingerprint density at radius 3 is 2.81 bits per heavy atom. The molecular formula is C10H12N2O2S2. The lowest BCUT2D eigenvalue weighted by atomic mass is 10.3. The van der Waals surface area contributed by atoms with Gasteiger partial charge in [0.1, 0.15) is 4.83 Å². The first kappa shape index (κ1) is 11.3. The zero-order valence-electron chi connectivity index (χ0n) is 9.29. The van der Waals surface area contributed by atoms with Crippen LogP contribution in [0.15, 0.2) is 0 Å². The molecule has 1 amide bonds. The van der Waals surface area contributed by atoms with Gasteiger partial charge in [-0.25, -0.2) is 9.78 Å². The van der Waals surface area contributed by atoms with Crippen molar-refractivity contribution in [1.29, 1.82) is 0 Å². The molecule has 0 bridgehead atoms. The fraction of sp³-hybridized carbons (Fsp3) is 0.400. The van der Waals surface area contributed by atoms with Crippen LogP contribution in [0.2, 0.25) is 0 Å². The van der Waals surface area contributed by atoms with Gasteiger partial charge in [0.05, 0.1) is 11.3 Å². The van der Waals surface area contributed by atoms with Crippen molar-refractivity contribution in [2.75, 3.05) is 11.9 Å². The number of hydrogen-bond acceptors (Lipinski definition) is 5. The molecule has 0 unspecified atom stereocenters. The summed E-state index contributed by atoms with van der Waals surface area (Å²) >= 11 is 3.13. The monoisotopic (exact) mass is 256 g/mol. The summed E-state index contributed by atoms with van der Waals surface area (Å²) in [5.74, 6) is 0. The molecule has 0 saturated heterocycles. The Morgan fingerprint density at radius 1 is 1.44 bits per heavy atom. The quantitative estimate of drug-likeness (QED) is 0.894. The van der Waals surface area contributed by atoms with Crippen LogP contribution in [0.5, 0.6) is 0 Å². The highest BCUT2D eigenvalue weighted by atomic mass is 32.1. The Morgan fingerprint density at radius 2 is 2.19 bits per heavy atom. The van der Waals surface area contributed by atoms with E-state index in [2.05, 4.69) is 24.1 Å². The van der Waals surface area contributed by atoms with Crippen LogP contribution in [0.3, 0.4) is 0 Å². The number of carbonyl (C=O) groups is 1. The van der Waals surface area contributed by atoms with Gasteiger partial charge in [0.2, 0.25) is 0 Å². The average Bonchev–Trinajstić information content (AvgIpc) is 2.69. The van der Waals surface area contributed by atoms with Gasteiger partial charge in [-0.3, -0.25) is 5.32 Å². The second-order valence-corrected chi connectivity index (χ2v) is 5.48. The van der Waals surface area contributed by atoms with Crippen LogP contribution in [-0.4, -0.2) is 17.7 Å². The maximum Gasteiger partial charge on any atom is 0.413 e. The van der Waals surface area contributed by atoms with Gasteiger partial charge >= 0.3 is 6.09 Å². The molecule has 0 radical (unpaired) electrons. The number of ether oxygens (including phenoxy) is 1. The highest BCUT2D eigenvalue weighted by molar-refractivity contribution is 7.29. The van der Waals surface area contributed by atoms with Crippen LogP contribution in [0.4, 0.5) is 9.93 Å². The lowest BCUT2D eigenvalue weighted by Crippen LogP contribution is -2.12. The van der Waals surface area contributed by atoms with E-state index >= 15 is 0 Å². The summed E-state index contributed by atoms with van der Waals surface area (Å²) in [5.41, 5.74) is 1.24. The largest absolute Gasteiger partial charge is 0.450 e. The molecule has 2 rings (SSSR count). The molecular weight excluding hydrogens is 244 g/mol. The number of thiazole rings is 1. The van der Waals surface area contributed by atoms with Crippen molar-refractivity contribution in [2.24, 2.45) is 0 Å². The van der Waals surface area contributed by atoms with Crippen molar-refractivity contribution in [1.82, 2.24) is 4.98 Å². The van der Waals surface area contributed by atoms with Crippen LogP contribution in [0.25, 0.3) is 9.53 Å². The molecule has 4 nitrogen and oxygen atoms in total. The maximum absolute atomic E-state index is 11.2. The zero-order chi connectivity index (χ0) is 11.7. The summed E-state index contributed by atoms with van der Waals surface area (Å²) in [6.45, 7) is 6.28. The fourth-order valence-electron chi connectivity index (χ4n) is 1.30. The predicted molar refractivity (Wildman–Crippen MR) is 67.6 cm³/mol. The lowest BCUT2D eigenvalue weighted by molar-refractivity contribution is 0.168. The van der Waals surface area contributed by atoms with E-state index < -0.39 is 6.09 Å². The van der Waals surface area contributed by atoms with Crippen molar-refractivity contribution in [3.05, 3.63) is 10.4 Å². The van der Waals surface area contributed by atoms with Crippen LogP contribution >= 0.6 is 22.7 Å². The van der Waals surface area contributed by atoms with E-state index in [9.17, 15) is 4.79 Å². The lowest BCUT2D eigenvalue weighted by Gasteiger charge is -2.00. The first-order chi connectivity index (χ1) is 7.61. The third kappa shape index (κ3) is 2.03. The highest BCUT2D eigenvalue weighted by Gasteiger charge is 2.13. The van der Waals surface area contributed by atoms with Crippen LogP contribution < -0.4 is 5.32 Å². The minimum atomic E-state index is -0.446. The number of aryl methyl sites for hydroxylation is 2. The third-order valence-corrected chi connectivity index (χ3v) is 4.52. The zero-order valence-corrected chi connectivity index (χ0v) is 10.9. The topological polar surface area (TPSA) is 51.2 Å². The number of rotatable bonds is 2. The fourth-order valence-corrected chi connectivity index (χ4v) is 3.51. The molecule has 0 fully saturated rings. The molecule has 2 aromatic rings. The van der Waals surface area contributed by atoms with Crippen molar-refractivity contribution in [2.45, 2.75) is 20.8 Å². The standard InChI is InChI=1S/C10H12N2O2S2/c1-4-14-10(13)12-9-11-8-7(16-9)5(2)6(3)15-8/h4H2,1-3H3,(H,11,12,13). The number of aromatic nitrogens is 1. The summed E-state index contributed by atoms with van der Waals surface area (Å²) in [6.07, 6.45) is -0.446. The number of amides is 1. The van der Waals surface area contributed by atoms with Gasteiger partial charge < -0.3 is 4.74 Å². The Balaban J connectivity index is 2.24. The summed E-state index contributed by atoms with van der Waals surface area (Å²) in [4.78, 5) is 17.8. The first-order valence-corrected chi connectivity index (χ1v) is 6.55. The summed E-state index contributed by atoms with van der Waals surface area (Å²) in [7, 11) is 0. The molecule has 0 atom stereocenters. The molecule has 0 spiro atoms. The van der Waals surface area contributed by atoms with E-state index in [0.717, 1.165) is 9.53 Å².